The summed E-state index contributed by atoms with van der Waals surface area (Å²) in [5.41, 5.74) is 1.91. The summed E-state index contributed by atoms with van der Waals surface area (Å²) in [7, 11) is 3.99. The molecule has 0 spiro atoms. The first-order valence-electron chi connectivity index (χ1n) is 8.82. The summed E-state index contributed by atoms with van der Waals surface area (Å²) in [6.45, 7) is 3.96. The van der Waals surface area contributed by atoms with Gasteiger partial charge in [0, 0.05) is 11.8 Å². The van der Waals surface area contributed by atoms with Crippen molar-refractivity contribution >= 4 is 17.3 Å². The Labute approximate surface area is 163 Å². The number of ether oxygens (including phenoxy) is 3. The SMILES string of the molecule is CCc1cccc(CC)c1NC(=O)c1cc(OC)c(OC)c(OC)c1[N+](=O)[O-]. The first-order chi connectivity index (χ1) is 13.4. The lowest BCUT2D eigenvalue weighted by molar-refractivity contribution is -0.386. The van der Waals surface area contributed by atoms with E-state index in [0.717, 1.165) is 11.1 Å². The van der Waals surface area contributed by atoms with Crippen molar-refractivity contribution in [1.29, 1.82) is 0 Å². The van der Waals surface area contributed by atoms with Crippen molar-refractivity contribution in [1.82, 2.24) is 0 Å². The van der Waals surface area contributed by atoms with Crippen LogP contribution in [-0.2, 0) is 12.8 Å². The van der Waals surface area contributed by atoms with Gasteiger partial charge in [0.2, 0.25) is 11.5 Å². The monoisotopic (exact) mass is 388 g/mol. The molecule has 0 saturated carbocycles. The number of anilines is 1. The first-order valence-corrected chi connectivity index (χ1v) is 8.82. The van der Waals surface area contributed by atoms with E-state index in [1.807, 2.05) is 32.0 Å². The Morgan fingerprint density at radius 1 is 1.04 bits per heavy atom. The molecule has 0 heterocycles. The number of hydrogen-bond donors (Lipinski definition) is 1. The maximum absolute atomic E-state index is 13.0. The van der Waals surface area contributed by atoms with Crippen molar-refractivity contribution in [2.75, 3.05) is 26.6 Å². The van der Waals surface area contributed by atoms with Crippen LogP contribution in [0.15, 0.2) is 24.3 Å². The highest BCUT2D eigenvalue weighted by molar-refractivity contribution is 6.09. The van der Waals surface area contributed by atoms with Gasteiger partial charge < -0.3 is 19.5 Å². The van der Waals surface area contributed by atoms with Gasteiger partial charge in [0.25, 0.3) is 5.91 Å². The molecule has 28 heavy (non-hydrogen) atoms. The Bertz CT molecular complexity index is 873. The zero-order valence-corrected chi connectivity index (χ0v) is 16.6. The molecule has 150 valence electrons. The van der Waals surface area contributed by atoms with Crippen LogP contribution >= 0.6 is 0 Å². The molecular formula is C20H24N2O6. The van der Waals surface area contributed by atoms with Gasteiger partial charge in [-0.15, -0.1) is 0 Å². The number of carbonyl (C=O) groups is 1. The van der Waals surface area contributed by atoms with E-state index in [1.54, 1.807) is 0 Å². The molecule has 0 bridgehead atoms. The Balaban J connectivity index is 2.65. The fraction of sp³-hybridized carbons (Fsp3) is 0.350. The minimum absolute atomic E-state index is 0.0523. The topological polar surface area (TPSA) is 99.9 Å². The molecule has 0 fully saturated rings. The van der Waals surface area contributed by atoms with E-state index in [2.05, 4.69) is 5.32 Å². The average Bonchev–Trinajstić information content (AvgIpc) is 2.71. The lowest BCUT2D eigenvalue weighted by Crippen LogP contribution is -2.17. The summed E-state index contributed by atoms with van der Waals surface area (Å²) in [6, 6.07) is 7.04. The zero-order chi connectivity index (χ0) is 20.8. The van der Waals surface area contributed by atoms with Crippen LogP contribution in [0.1, 0.15) is 35.3 Å². The van der Waals surface area contributed by atoms with Gasteiger partial charge in [-0.1, -0.05) is 32.0 Å². The second-order valence-electron chi connectivity index (χ2n) is 5.91. The quantitative estimate of drug-likeness (QED) is 0.542. The molecular weight excluding hydrogens is 364 g/mol. The Morgan fingerprint density at radius 2 is 1.61 bits per heavy atom. The highest BCUT2D eigenvalue weighted by Crippen LogP contribution is 2.46. The highest BCUT2D eigenvalue weighted by atomic mass is 16.6. The van der Waals surface area contributed by atoms with Gasteiger partial charge in [-0.25, -0.2) is 0 Å². The van der Waals surface area contributed by atoms with Crippen LogP contribution in [0.3, 0.4) is 0 Å². The molecule has 1 amide bonds. The summed E-state index contributed by atoms with van der Waals surface area (Å²) in [5.74, 6) is -0.580. The van der Waals surface area contributed by atoms with Crippen LogP contribution in [0.25, 0.3) is 0 Å². The van der Waals surface area contributed by atoms with E-state index >= 15 is 0 Å². The predicted octanol–water partition coefficient (Wildman–Crippen LogP) is 4.00. The third kappa shape index (κ3) is 3.85. The van der Waals surface area contributed by atoms with E-state index in [9.17, 15) is 14.9 Å². The van der Waals surface area contributed by atoms with Crippen molar-refractivity contribution in [3.8, 4) is 17.2 Å². The Morgan fingerprint density at radius 3 is 2.04 bits per heavy atom. The van der Waals surface area contributed by atoms with Crippen LogP contribution in [0.2, 0.25) is 0 Å². The average molecular weight is 388 g/mol. The summed E-state index contributed by atoms with van der Waals surface area (Å²) in [6.07, 6.45) is 1.42. The van der Waals surface area contributed by atoms with E-state index in [1.165, 1.54) is 27.4 Å². The van der Waals surface area contributed by atoms with Gasteiger partial charge in [-0.2, -0.15) is 0 Å². The van der Waals surface area contributed by atoms with Gasteiger partial charge in [-0.3, -0.25) is 14.9 Å². The van der Waals surface area contributed by atoms with Crippen molar-refractivity contribution in [3.05, 3.63) is 51.1 Å². The Hall–Kier alpha value is -3.29. The third-order valence-electron chi connectivity index (χ3n) is 4.47. The molecule has 0 atom stereocenters. The van der Waals surface area contributed by atoms with Crippen LogP contribution in [0.5, 0.6) is 17.2 Å². The molecule has 0 aliphatic heterocycles. The zero-order valence-electron chi connectivity index (χ0n) is 16.6. The van der Waals surface area contributed by atoms with E-state index in [4.69, 9.17) is 14.2 Å². The summed E-state index contributed by atoms with van der Waals surface area (Å²) >= 11 is 0. The van der Waals surface area contributed by atoms with Crippen LogP contribution in [-0.4, -0.2) is 32.2 Å². The lowest BCUT2D eigenvalue weighted by atomic mass is 10.0. The second-order valence-corrected chi connectivity index (χ2v) is 5.91. The van der Waals surface area contributed by atoms with Crippen molar-refractivity contribution in [2.24, 2.45) is 0 Å². The number of benzene rings is 2. The van der Waals surface area contributed by atoms with Gasteiger partial charge in [0.15, 0.2) is 5.75 Å². The van der Waals surface area contributed by atoms with E-state index in [0.29, 0.717) is 18.5 Å². The van der Waals surface area contributed by atoms with Crippen LogP contribution in [0, 0.1) is 10.1 Å². The fourth-order valence-corrected chi connectivity index (χ4v) is 3.08. The van der Waals surface area contributed by atoms with Crippen LogP contribution in [0.4, 0.5) is 11.4 Å². The van der Waals surface area contributed by atoms with Gasteiger partial charge >= 0.3 is 5.69 Å². The number of nitro groups is 1. The second kappa shape index (κ2) is 9.07. The molecule has 0 aromatic heterocycles. The lowest BCUT2D eigenvalue weighted by Gasteiger charge is -2.17. The van der Waals surface area contributed by atoms with Gasteiger partial charge in [0.05, 0.1) is 26.3 Å². The third-order valence-corrected chi connectivity index (χ3v) is 4.47. The number of nitro benzene ring substituents is 1. The maximum Gasteiger partial charge on any atom is 0.327 e. The number of carbonyl (C=O) groups excluding carboxylic acids is 1. The molecule has 0 aliphatic rings. The number of rotatable bonds is 8. The molecule has 0 unspecified atom stereocenters. The first kappa shape index (κ1) is 21.0. The number of hydrogen-bond acceptors (Lipinski definition) is 6. The fourth-order valence-electron chi connectivity index (χ4n) is 3.08. The number of para-hydroxylation sites is 1. The number of amides is 1. The van der Waals surface area contributed by atoms with Crippen molar-refractivity contribution in [2.45, 2.75) is 26.7 Å². The molecule has 0 aliphatic carbocycles. The standard InChI is InChI=1S/C20H24N2O6/c1-6-12-9-8-10-13(7-2)16(12)21-20(23)14-11-15(26-3)18(27-4)19(28-5)17(14)22(24)25/h8-11H,6-7H2,1-5H3,(H,21,23). The van der Waals surface area contributed by atoms with Gasteiger partial charge in [0.1, 0.15) is 5.56 Å². The maximum atomic E-state index is 13.0. The van der Waals surface area contributed by atoms with E-state index in [-0.39, 0.29) is 22.8 Å². The predicted molar refractivity (Wildman–Crippen MR) is 106 cm³/mol. The molecule has 8 nitrogen and oxygen atoms in total. The Kier molecular flexibility index (Phi) is 6.81. The number of nitrogens with one attached hydrogen (secondary N) is 1. The van der Waals surface area contributed by atoms with Crippen LogP contribution < -0.4 is 19.5 Å². The summed E-state index contributed by atoms with van der Waals surface area (Å²) < 4.78 is 15.6. The minimum atomic E-state index is -0.665. The summed E-state index contributed by atoms with van der Waals surface area (Å²) in [5, 5.41) is 14.6. The minimum Gasteiger partial charge on any atom is -0.493 e. The number of nitrogens with zero attached hydrogens (tertiary/aromatic N) is 1. The highest BCUT2D eigenvalue weighted by Gasteiger charge is 2.32. The smallest absolute Gasteiger partial charge is 0.327 e. The van der Waals surface area contributed by atoms with Gasteiger partial charge in [-0.05, 0) is 24.0 Å². The van der Waals surface area contributed by atoms with Crippen molar-refractivity contribution < 1.29 is 23.9 Å². The molecule has 8 heteroatoms. The molecule has 2 rings (SSSR count). The molecule has 2 aromatic rings. The van der Waals surface area contributed by atoms with E-state index < -0.39 is 16.5 Å². The molecule has 1 N–H and O–H groups in total. The number of aryl methyl sites for hydroxylation is 2. The van der Waals surface area contributed by atoms with Crippen molar-refractivity contribution in [3.63, 3.8) is 0 Å². The molecule has 2 aromatic carbocycles. The molecule has 0 saturated heterocycles. The number of methoxy groups -OCH3 is 3. The molecule has 0 radical (unpaired) electrons. The summed E-state index contributed by atoms with van der Waals surface area (Å²) in [4.78, 5) is 24.1. The largest absolute Gasteiger partial charge is 0.493 e. The normalized spacial score (nSPS) is 10.3.